The Morgan fingerprint density at radius 3 is 2.35 bits per heavy atom. The van der Waals surface area contributed by atoms with Crippen LogP contribution in [0.4, 0.5) is 17.6 Å². The molecule has 2 saturated heterocycles. The van der Waals surface area contributed by atoms with Gasteiger partial charge in [0.2, 0.25) is 11.8 Å². The minimum absolute atomic E-state index is 0.0292. The van der Waals surface area contributed by atoms with E-state index in [1.54, 1.807) is 6.07 Å². The Morgan fingerprint density at radius 2 is 1.73 bits per heavy atom. The van der Waals surface area contributed by atoms with E-state index in [2.05, 4.69) is 5.32 Å². The highest BCUT2D eigenvalue weighted by Crippen LogP contribution is 2.42. The molecule has 0 spiro atoms. The summed E-state index contributed by atoms with van der Waals surface area (Å²) in [5.41, 5.74) is -0.771. The van der Waals surface area contributed by atoms with Gasteiger partial charge in [0.25, 0.3) is 0 Å². The number of amides is 2. The zero-order valence-corrected chi connectivity index (χ0v) is 19.9. The third-order valence-corrected chi connectivity index (χ3v) is 7.69. The summed E-state index contributed by atoms with van der Waals surface area (Å²) < 4.78 is 54.1. The summed E-state index contributed by atoms with van der Waals surface area (Å²) in [6.07, 6.45) is -4.79. The van der Waals surface area contributed by atoms with Crippen LogP contribution >= 0.6 is 0 Å². The number of aliphatic hydroxyl groups excluding tert-OH is 1. The maximum Gasteiger partial charge on any atom is 0.416 e. The van der Waals surface area contributed by atoms with E-state index >= 15 is 4.39 Å². The summed E-state index contributed by atoms with van der Waals surface area (Å²) in [7, 11) is 0. The van der Waals surface area contributed by atoms with E-state index < -0.39 is 41.3 Å². The van der Waals surface area contributed by atoms with Gasteiger partial charge in [-0.3, -0.25) is 24.7 Å². The predicted molar refractivity (Wildman–Crippen MR) is 123 cm³/mol. The number of fused-ring (bicyclic) bond motifs is 1. The molecule has 5 rings (SSSR count). The van der Waals surface area contributed by atoms with Gasteiger partial charge in [-0.2, -0.15) is 13.2 Å². The smallest absolute Gasteiger partial charge is 0.385 e. The fourth-order valence-corrected chi connectivity index (χ4v) is 5.53. The lowest BCUT2D eigenvalue weighted by Crippen LogP contribution is -2.51. The Kier molecular flexibility index (Phi) is 6.59. The Bertz CT molecular complexity index is 1210. The van der Waals surface area contributed by atoms with Crippen molar-refractivity contribution >= 4 is 11.8 Å². The predicted octanol–water partition coefficient (Wildman–Crippen LogP) is 2.94. The first kappa shape index (κ1) is 25.8. The molecule has 2 amide bonds. The number of alkyl halides is 3. The molecule has 3 N–H and O–H groups in total. The first-order chi connectivity index (χ1) is 17.5. The number of likely N-dealkylation sites (tertiary alicyclic amines) is 1. The molecule has 2 aromatic carbocycles. The van der Waals surface area contributed by atoms with Crippen LogP contribution in [0.3, 0.4) is 0 Å². The van der Waals surface area contributed by atoms with Crippen molar-refractivity contribution in [1.29, 1.82) is 0 Å². The third kappa shape index (κ3) is 4.88. The maximum absolute atomic E-state index is 15.7. The van der Waals surface area contributed by atoms with Crippen LogP contribution in [0.2, 0.25) is 0 Å². The van der Waals surface area contributed by atoms with Crippen molar-refractivity contribution in [1.82, 2.24) is 15.1 Å². The van der Waals surface area contributed by atoms with Gasteiger partial charge in [0.15, 0.2) is 0 Å². The van der Waals surface area contributed by atoms with Crippen LogP contribution in [0.25, 0.3) is 0 Å². The molecule has 2 atom stereocenters. The molecule has 7 nitrogen and oxygen atoms in total. The number of hydrogen-bond donors (Lipinski definition) is 3. The highest BCUT2D eigenvalue weighted by molar-refractivity contribution is 6.00. The van der Waals surface area contributed by atoms with Crippen molar-refractivity contribution in [2.24, 2.45) is 0 Å². The van der Waals surface area contributed by atoms with Gasteiger partial charge in [-0.1, -0.05) is 24.3 Å². The average molecular weight is 522 g/mol. The Morgan fingerprint density at radius 1 is 1.05 bits per heavy atom. The zero-order chi connectivity index (χ0) is 26.5. The molecule has 37 heavy (non-hydrogen) atoms. The summed E-state index contributed by atoms with van der Waals surface area (Å²) in [4.78, 5) is 27.2. The second kappa shape index (κ2) is 9.46. The minimum atomic E-state index is -4.39. The number of rotatable bonds is 4. The molecule has 0 aromatic heterocycles. The van der Waals surface area contributed by atoms with Gasteiger partial charge in [0, 0.05) is 49.3 Å². The van der Waals surface area contributed by atoms with E-state index in [4.69, 9.17) is 0 Å². The lowest BCUT2D eigenvalue weighted by atomic mass is 9.82. The highest BCUT2D eigenvalue weighted by atomic mass is 19.4. The van der Waals surface area contributed by atoms with E-state index in [-0.39, 0.29) is 49.3 Å². The molecule has 0 saturated carbocycles. The second-order valence-corrected chi connectivity index (χ2v) is 10.0. The maximum atomic E-state index is 15.7. The summed E-state index contributed by atoms with van der Waals surface area (Å²) in [5, 5.41) is 24.4. The number of aliphatic hydroxyl groups is 2. The van der Waals surface area contributed by atoms with Gasteiger partial charge in [-0.15, -0.1) is 0 Å². The van der Waals surface area contributed by atoms with Gasteiger partial charge in [0.05, 0.1) is 17.2 Å². The summed E-state index contributed by atoms with van der Waals surface area (Å²) >= 11 is 0. The first-order valence-electron chi connectivity index (χ1n) is 12.2. The number of benzene rings is 2. The fraction of sp³-hybridized carbons (Fsp3) is 0.462. The van der Waals surface area contributed by atoms with Crippen molar-refractivity contribution < 1.29 is 37.4 Å². The van der Waals surface area contributed by atoms with E-state index in [9.17, 15) is 33.0 Å². The van der Waals surface area contributed by atoms with Crippen molar-refractivity contribution in [2.45, 2.75) is 62.8 Å². The largest absolute Gasteiger partial charge is 0.416 e. The molecule has 0 radical (unpaired) electrons. The van der Waals surface area contributed by atoms with Gasteiger partial charge in [-0.05, 0) is 37.0 Å². The standard InChI is InChI=1S/C26H27F4N3O4/c27-22-18-14-33(20-7-8-21(34)31-23(20)35)24(36)17(18)5-6-19(22)25(37)9-11-32(12-10-25)13-15-1-3-16(4-2-15)26(28,29)30/h1-6,20,24,36-37H,7-14H2,(H,31,34,35)/t20-,24?/m1/s1. The quantitative estimate of drug-likeness (QED) is 0.423. The molecular formula is C26H27F4N3O4. The normalized spacial score (nSPS) is 24.7. The number of imide groups is 1. The van der Waals surface area contributed by atoms with Crippen molar-refractivity contribution in [3.63, 3.8) is 0 Å². The number of hydrogen-bond acceptors (Lipinski definition) is 6. The van der Waals surface area contributed by atoms with E-state index in [0.717, 1.165) is 12.1 Å². The Hall–Kier alpha value is -2.86. The summed E-state index contributed by atoms with van der Waals surface area (Å²) in [6, 6.07) is 7.23. The van der Waals surface area contributed by atoms with Crippen LogP contribution in [0.15, 0.2) is 36.4 Å². The molecule has 2 fully saturated rings. The van der Waals surface area contributed by atoms with Gasteiger partial charge in [0.1, 0.15) is 12.0 Å². The Balaban J connectivity index is 1.27. The molecule has 3 heterocycles. The third-order valence-electron chi connectivity index (χ3n) is 7.69. The monoisotopic (exact) mass is 521 g/mol. The van der Waals surface area contributed by atoms with Crippen LogP contribution in [0.1, 0.15) is 59.7 Å². The van der Waals surface area contributed by atoms with E-state index in [1.807, 2.05) is 4.90 Å². The molecular weight excluding hydrogens is 494 g/mol. The number of carbonyl (C=O) groups is 2. The number of nitrogens with zero attached hydrogens (tertiary/aromatic N) is 2. The average Bonchev–Trinajstić information content (AvgIpc) is 3.18. The van der Waals surface area contributed by atoms with Crippen molar-refractivity contribution in [3.8, 4) is 0 Å². The number of piperidine rings is 2. The highest BCUT2D eigenvalue weighted by Gasteiger charge is 2.43. The lowest BCUT2D eigenvalue weighted by molar-refractivity contribution is -0.142. The first-order valence-corrected chi connectivity index (χ1v) is 12.2. The van der Waals surface area contributed by atoms with E-state index in [0.29, 0.717) is 30.8 Å². The molecule has 1 unspecified atom stereocenters. The van der Waals surface area contributed by atoms with Crippen LogP contribution in [0.5, 0.6) is 0 Å². The van der Waals surface area contributed by atoms with Gasteiger partial charge < -0.3 is 10.2 Å². The van der Waals surface area contributed by atoms with Crippen molar-refractivity contribution in [3.05, 3.63) is 70.0 Å². The molecule has 0 aliphatic carbocycles. The van der Waals surface area contributed by atoms with Gasteiger partial charge >= 0.3 is 6.18 Å². The topological polar surface area (TPSA) is 93.1 Å². The van der Waals surface area contributed by atoms with Crippen LogP contribution in [-0.2, 0) is 34.5 Å². The van der Waals surface area contributed by atoms with Gasteiger partial charge in [-0.25, -0.2) is 4.39 Å². The summed E-state index contributed by atoms with van der Waals surface area (Å²) in [6.45, 7) is 1.21. The number of carbonyl (C=O) groups excluding carboxylic acids is 2. The van der Waals surface area contributed by atoms with Crippen LogP contribution in [-0.4, -0.2) is 51.0 Å². The zero-order valence-electron chi connectivity index (χ0n) is 19.9. The lowest BCUT2D eigenvalue weighted by Gasteiger charge is -2.39. The SMILES string of the molecule is O=C1CC[C@@H](N2Cc3c(ccc(C4(O)CCN(Cc5ccc(C(F)(F)F)cc5)CC4)c3F)C2O)C(=O)N1. The second-order valence-electron chi connectivity index (χ2n) is 10.0. The number of nitrogens with one attached hydrogen (secondary N) is 1. The van der Waals surface area contributed by atoms with E-state index in [1.165, 1.54) is 23.1 Å². The van der Waals surface area contributed by atoms with Crippen LogP contribution in [0, 0.1) is 5.82 Å². The molecule has 11 heteroatoms. The molecule has 198 valence electrons. The Labute approximate surface area is 210 Å². The minimum Gasteiger partial charge on any atom is -0.385 e. The molecule has 3 aliphatic rings. The molecule has 0 bridgehead atoms. The fourth-order valence-electron chi connectivity index (χ4n) is 5.53. The summed E-state index contributed by atoms with van der Waals surface area (Å²) in [5.74, 6) is -1.53. The van der Waals surface area contributed by atoms with Crippen LogP contribution < -0.4 is 5.32 Å². The molecule has 3 aliphatic heterocycles. The number of halogens is 4. The molecule has 2 aromatic rings. The van der Waals surface area contributed by atoms with Crippen molar-refractivity contribution in [2.75, 3.05) is 13.1 Å².